The Morgan fingerprint density at radius 3 is 2.54 bits per heavy atom. The van der Waals surface area contributed by atoms with E-state index in [-0.39, 0.29) is 35.1 Å². The van der Waals surface area contributed by atoms with Gasteiger partial charge in [0.2, 0.25) is 5.95 Å². The van der Waals surface area contributed by atoms with Crippen molar-refractivity contribution in [2.24, 2.45) is 0 Å². The summed E-state index contributed by atoms with van der Waals surface area (Å²) in [6.45, 7) is -0.317. The Balaban J connectivity index is 1.30. The zero-order valence-corrected chi connectivity index (χ0v) is 20.8. The minimum absolute atomic E-state index is 0.0397. The Morgan fingerprint density at radius 1 is 1.10 bits per heavy atom. The molecule has 0 bridgehead atoms. The number of nitrogens with one attached hydrogen (secondary N) is 1. The normalized spacial score (nSPS) is 26.3. The topological polar surface area (TPSA) is 198 Å². The number of rotatable bonds is 5. The van der Waals surface area contributed by atoms with Crippen molar-refractivity contribution in [2.75, 3.05) is 12.3 Å². The minimum Gasteiger partial charge on any atom is -0.451 e. The molecule has 6 rings (SSSR count). The van der Waals surface area contributed by atoms with Crippen molar-refractivity contribution < 1.29 is 37.6 Å². The van der Waals surface area contributed by atoms with Gasteiger partial charge in [0.1, 0.15) is 12.2 Å². The zero-order valence-electron chi connectivity index (χ0n) is 19.9. The molecule has 4 aromatic rings. The fraction of sp³-hybridized carbons (Fsp3) is 0.208. The molecule has 4 N–H and O–H groups in total. The number of hydrogen-bond donors (Lipinski definition) is 3. The number of ether oxygens (including phenoxy) is 2. The average molecular weight is 554 g/mol. The van der Waals surface area contributed by atoms with E-state index in [9.17, 15) is 23.8 Å². The number of nitrogens with zero attached hydrogens (tertiary/aromatic N) is 3. The fourth-order valence-electron chi connectivity index (χ4n) is 4.51. The second kappa shape index (κ2) is 9.52. The molecule has 4 heterocycles. The van der Waals surface area contributed by atoms with Gasteiger partial charge in [0.15, 0.2) is 29.3 Å². The summed E-state index contributed by atoms with van der Waals surface area (Å²) in [4.78, 5) is 58.5. The number of ketones is 1. The van der Waals surface area contributed by atoms with Gasteiger partial charge in [-0.3, -0.25) is 28.2 Å². The third-order valence-corrected chi connectivity index (χ3v) is 7.31. The molecule has 14 nitrogen and oxygen atoms in total. The molecule has 15 heteroatoms. The Bertz CT molecular complexity index is 1690. The van der Waals surface area contributed by atoms with Crippen LogP contribution in [0.2, 0.25) is 0 Å². The summed E-state index contributed by atoms with van der Waals surface area (Å²) < 4.78 is 35.3. The summed E-state index contributed by atoms with van der Waals surface area (Å²) in [5, 5.41) is 0. The van der Waals surface area contributed by atoms with Crippen LogP contribution in [-0.2, 0) is 23.1 Å². The van der Waals surface area contributed by atoms with E-state index in [1.807, 2.05) is 0 Å². The van der Waals surface area contributed by atoms with Crippen molar-refractivity contribution in [3.8, 4) is 0 Å². The number of nitrogen functional groups attached to an aromatic ring is 1. The van der Waals surface area contributed by atoms with Gasteiger partial charge < -0.3 is 20.1 Å². The van der Waals surface area contributed by atoms with Crippen LogP contribution < -0.4 is 11.3 Å². The van der Waals surface area contributed by atoms with Gasteiger partial charge in [-0.15, -0.1) is 0 Å². The SMILES string of the molecule is Nc1nc2c(ncn2[C@@H]2O[C@@H]3CO[32P](=O)(O)O[C@H]3[C@H]2OC(=O)c2ccc(C(=O)c3ccccc3)cc2)c(=O)[nH]1. The molecular formula is C24H20N5O9P. The standard InChI is InChI=1S/C24H20N5O9P/c25-24-27-20-16(21(31)28-24)26-11-29(20)22-19(18-15(36-22)10-35-39(33,34)38-18)37-23(32)14-8-6-13(7-9-14)17(30)12-4-2-1-3-5-12/h1-9,11,15,18-19,22H,10H2,(H,33,34)(H3,25,27,28,31)/t15-,18-,19-,22-/m1/s1/i39+1. The highest BCUT2D eigenvalue weighted by Gasteiger charge is 2.55. The van der Waals surface area contributed by atoms with Crippen LogP contribution in [0.25, 0.3) is 11.2 Å². The first-order chi connectivity index (χ1) is 18.7. The van der Waals surface area contributed by atoms with Crippen LogP contribution in [0.1, 0.15) is 32.5 Å². The van der Waals surface area contributed by atoms with Gasteiger partial charge in [0, 0.05) is 11.1 Å². The molecule has 0 radical (unpaired) electrons. The predicted octanol–water partition coefficient (Wildman–Crippen LogP) is 1.57. The van der Waals surface area contributed by atoms with E-state index in [4.69, 9.17) is 24.3 Å². The molecule has 0 amide bonds. The van der Waals surface area contributed by atoms with Crippen molar-refractivity contribution >= 4 is 36.7 Å². The Morgan fingerprint density at radius 2 is 1.79 bits per heavy atom. The van der Waals surface area contributed by atoms with Crippen molar-refractivity contribution in [3.05, 3.63) is 88.0 Å². The third kappa shape index (κ3) is 4.64. The zero-order chi connectivity index (χ0) is 27.3. The summed E-state index contributed by atoms with van der Waals surface area (Å²) in [7, 11) is -4.45. The van der Waals surface area contributed by atoms with Crippen molar-refractivity contribution in [1.29, 1.82) is 0 Å². The highest BCUT2D eigenvalue weighted by molar-refractivity contribution is 7.47. The Kier molecular flexibility index (Phi) is 6.13. The van der Waals surface area contributed by atoms with Gasteiger partial charge in [-0.05, 0) is 12.1 Å². The number of phosphoric ester groups is 1. The lowest BCUT2D eigenvalue weighted by Crippen LogP contribution is -2.41. The van der Waals surface area contributed by atoms with Crippen LogP contribution in [-0.4, -0.2) is 61.1 Å². The van der Waals surface area contributed by atoms with E-state index in [1.54, 1.807) is 30.3 Å². The maximum atomic E-state index is 13.2. The van der Waals surface area contributed by atoms with E-state index < -0.39 is 43.9 Å². The molecule has 2 aliphatic heterocycles. The second-order valence-electron chi connectivity index (χ2n) is 8.82. The minimum atomic E-state index is -4.45. The molecule has 1 unspecified atom stereocenters. The number of aromatic nitrogens is 4. The molecule has 0 saturated carbocycles. The number of nitrogens with two attached hydrogens (primary N) is 1. The molecule has 2 fully saturated rings. The van der Waals surface area contributed by atoms with Crippen molar-refractivity contribution in [1.82, 2.24) is 19.5 Å². The van der Waals surface area contributed by atoms with E-state index in [1.165, 1.54) is 35.2 Å². The van der Waals surface area contributed by atoms with Crippen LogP contribution in [0, 0.1) is 0 Å². The third-order valence-electron chi connectivity index (χ3n) is 6.33. The van der Waals surface area contributed by atoms with E-state index in [0.29, 0.717) is 11.1 Å². The van der Waals surface area contributed by atoms with Crippen LogP contribution >= 0.6 is 7.82 Å². The van der Waals surface area contributed by atoms with Crippen LogP contribution in [0.4, 0.5) is 5.95 Å². The van der Waals surface area contributed by atoms with E-state index in [0.717, 1.165) is 0 Å². The lowest BCUT2D eigenvalue weighted by Gasteiger charge is -2.29. The lowest BCUT2D eigenvalue weighted by atomic mass is 10.0. The number of anilines is 1. The Hall–Kier alpha value is -4.20. The fourth-order valence-corrected chi connectivity index (χ4v) is 5.47. The smallest absolute Gasteiger partial charge is 0.451 e. The molecule has 2 aromatic heterocycles. The molecule has 0 spiro atoms. The van der Waals surface area contributed by atoms with E-state index >= 15 is 0 Å². The first kappa shape index (κ1) is 25.1. The van der Waals surface area contributed by atoms with Gasteiger partial charge in [0.05, 0.1) is 18.5 Å². The number of hydrogen-bond acceptors (Lipinski definition) is 11. The number of aromatic amines is 1. The molecule has 200 valence electrons. The summed E-state index contributed by atoms with van der Waals surface area (Å²) in [6.07, 6.45) is -3.29. The number of esters is 1. The maximum absolute atomic E-state index is 13.2. The molecular weight excluding hydrogens is 534 g/mol. The molecule has 5 atom stereocenters. The van der Waals surface area contributed by atoms with Crippen molar-refractivity contribution in [3.63, 3.8) is 0 Å². The van der Waals surface area contributed by atoms with Gasteiger partial charge in [-0.25, -0.2) is 14.3 Å². The van der Waals surface area contributed by atoms with Crippen LogP contribution in [0.5, 0.6) is 0 Å². The maximum Gasteiger partial charge on any atom is 0.472 e. The molecule has 2 saturated heterocycles. The summed E-state index contributed by atoms with van der Waals surface area (Å²) in [5.74, 6) is -1.21. The number of benzene rings is 2. The van der Waals surface area contributed by atoms with Gasteiger partial charge in [-0.1, -0.05) is 42.5 Å². The van der Waals surface area contributed by atoms with Crippen molar-refractivity contribution in [2.45, 2.75) is 24.5 Å². The van der Waals surface area contributed by atoms with Crippen LogP contribution in [0.3, 0.4) is 0 Å². The molecule has 2 aromatic carbocycles. The number of imidazole rings is 1. The van der Waals surface area contributed by atoms with E-state index in [2.05, 4.69) is 15.0 Å². The quantitative estimate of drug-likeness (QED) is 0.183. The van der Waals surface area contributed by atoms with Gasteiger partial charge in [-0.2, -0.15) is 4.98 Å². The number of carbonyl (C=O) groups excluding carboxylic acids is 2. The van der Waals surface area contributed by atoms with Gasteiger partial charge >= 0.3 is 13.8 Å². The highest BCUT2D eigenvalue weighted by atomic mass is 32.2. The predicted molar refractivity (Wildman–Crippen MR) is 133 cm³/mol. The van der Waals surface area contributed by atoms with Gasteiger partial charge in [0.25, 0.3) is 5.56 Å². The number of fused-ring (bicyclic) bond motifs is 2. The summed E-state index contributed by atoms with van der Waals surface area (Å²) in [6, 6.07) is 14.5. The first-order valence-electron chi connectivity index (χ1n) is 11.6. The second-order valence-corrected chi connectivity index (χ2v) is 10.2. The average Bonchev–Trinajstić information content (AvgIpc) is 3.49. The number of H-pyrrole nitrogens is 1. The highest BCUT2D eigenvalue weighted by Crippen LogP contribution is 2.53. The van der Waals surface area contributed by atoms with Crippen LogP contribution in [0.15, 0.2) is 65.7 Å². The largest absolute Gasteiger partial charge is 0.472 e. The molecule has 2 aliphatic rings. The Labute approximate surface area is 218 Å². The summed E-state index contributed by atoms with van der Waals surface area (Å²) >= 11 is 0. The number of carbonyl (C=O) groups is 2. The number of phosphoric acid groups is 1. The molecule has 39 heavy (non-hydrogen) atoms. The molecule has 0 aliphatic carbocycles. The first-order valence-corrected chi connectivity index (χ1v) is 13.1. The monoisotopic (exact) mass is 554 g/mol. The summed E-state index contributed by atoms with van der Waals surface area (Å²) in [5.41, 5.74) is 6.07. The lowest BCUT2D eigenvalue weighted by molar-refractivity contribution is -0.0666.